The Hall–Kier alpha value is -1.55. The van der Waals surface area contributed by atoms with Gasteiger partial charge in [-0.25, -0.2) is 4.79 Å². The van der Waals surface area contributed by atoms with Gasteiger partial charge in [0.15, 0.2) is 0 Å². The Balaban J connectivity index is 2.19. The number of hydrogen-bond acceptors (Lipinski definition) is 2. The van der Waals surface area contributed by atoms with E-state index >= 15 is 0 Å². The van der Waals surface area contributed by atoms with E-state index in [9.17, 15) is 9.90 Å². The van der Waals surface area contributed by atoms with Gasteiger partial charge in [-0.2, -0.15) is 0 Å². The van der Waals surface area contributed by atoms with Crippen LogP contribution in [0.3, 0.4) is 0 Å². The Bertz CT molecular complexity index is 380. The number of carbonyl (C=O) groups is 1. The lowest BCUT2D eigenvalue weighted by Gasteiger charge is -2.38. The molecule has 1 fully saturated rings. The second-order valence-corrected chi connectivity index (χ2v) is 4.42. The molecule has 2 unspecified atom stereocenters. The highest BCUT2D eigenvalue weighted by Gasteiger charge is 2.31. The lowest BCUT2D eigenvalue weighted by molar-refractivity contribution is 0.0956. The van der Waals surface area contributed by atoms with Crippen LogP contribution < -0.4 is 5.32 Å². The van der Waals surface area contributed by atoms with Crippen LogP contribution in [0.4, 0.5) is 4.79 Å². The summed E-state index contributed by atoms with van der Waals surface area (Å²) in [6, 6.07) is 10.1. The minimum Gasteiger partial charge on any atom is -0.465 e. The molecule has 0 aliphatic carbocycles. The molecule has 0 saturated carbocycles. The molecule has 1 aliphatic rings. The van der Waals surface area contributed by atoms with Crippen LogP contribution in [0.25, 0.3) is 0 Å². The molecule has 17 heavy (non-hydrogen) atoms. The number of nitrogens with zero attached hydrogens (tertiary/aromatic N) is 1. The van der Waals surface area contributed by atoms with Gasteiger partial charge in [0.2, 0.25) is 0 Å². The van der Waals surface area contributed by atoms with E-state index in [1.807, 2.05) is 37.4 Å². The Labute approximate surface area is 101 Å². The third-order valence-electron chi connectivity index (χ3n) is 3.42. The Morgan fingerprint density at radius 1 is 1.35 bits per heavy atom. The highest BCUT2D eigenvalue weighted by molar-refractivity contribution is 5.66. The fourth-order valence-electron chi connectivity index (χ4n) is 2.44. The molecule has 92 valence electrons. The van der Waals surface area contributed by atoms with Gasteiger partial charge in [0.25, 0.3) is 0 Å². The van der Waals surface area contributed by atoms with Gasteiger partial charge >= 0.3 is 6.09 Å². The average molecular weight is 234 g/mol. The van der Waals surface area contributed by atoms with Gasteiger partial charge in [0.05, 0.1) is 6.04 Å². The van der Waals surface area contributed by atoms with Crippen LogP contribution >= 0.6 is 0 Å². The number of likely N-dealkylation sites (tertiary alicyclic amines) is 1. The van der Waals surface area contributed by atoms with Gasteiger partial charge in [-0.3, -0.25) is 4.90 Å². The number of carboxylic acid groups (broad SMARTS) is 1. The zero-order valence-electron chi connectivity index (χ0n) is 9.97. The molecule has 1 aromatic carbocycles. The predicted molar refractivity (Wildman–Crippen MR) is 66.0 cm³/mol. The predicted octanol–water partition coefficient (Wildman–Crippen LogP) is 2.09. The first-order chi connectivity index (χ1) is 8.22. The van der Waals surface area contributed by atoms with Gasteiger partial charge in [-0.15, -0.1) is 0 Å². The minimum atomic E-state index is -0.834. The second-order valence-electron chi connectivity index (χ2n) is 4.42. The van der Waals surface area contributed by atoms with Crippen LogP contribution in [0.15, 0.2) is 30.3 Å². The maximum atomic E-state index is 11.3. The largest absolute Gasteiger partial charge is 0.465 e. The first-order valence-corrected chi connectivity index (χ1v) is 5.94. The van der Waals surface area contributed by atoms with Crippen LogP contribution in [-0.2, 0) is 0 Å². The van der Waals surface area contributed by atoms with Crippen molar-refractivity contribution in [2.75, 3.05) is 13.6 Å². The summed E-state index contributed by atoms with van der Waals surface area (Å²) in [4.78, 5) is 12.8. The van der Waals surface area contributed by atoms with E-state index in [4.69, 9.17) is 0 Å². The van der Waals surface area contributed by atoms with E-state index in [1.54, 1.807) is 4.90 Å². The third-order valence-corrected chi connectivity index (χ3v) is 3.42. The highest BCUT2D eigenvalue weighted by atomic mass is 16.4. The number of piperidine rings is 1. The van der Waals surface area contributed by atoms with Crippen LogP contribution in [0.1, 0.15) is 24.4 Å². The van der Waals surface area contributed by atoms with Crippen LogP contribution in [0.5, 0.6) is 0 Å². The minimum absolute atomic E-state index is 0.00157. The number of amides is 1. The van der Waals surface area contributed by atoms with Crippen molar-refractivity contribution in [2.24, 2.45) is 0 Å². The Kier molecular flexibility index (Phi) is 3.64. The lowest BCUT2D eigenvalue weighted by atomic mass is 9.93. The number of likely N-dealkylation sites (N-methyl/N-ethyl adjacent to an activating group) is 1. The van der Waals surface area contributed by atoms with Crippen LogP contribution in [0, 0.1) is 0 Å². The second kappa shape index (κ2) is 5.19. The summed E-state index contributed by atoms with van der Waals surface area (Å²) in [6.07, 6.45) is 1.06. The molecular formula is C13H18N2O2. The molecule has 1 aromatic rings. The molecule has 2 N–H and O–H groups in total. The Morgan fingerprint density at radius 2 is 2.06 bits per heavy atom. The van der Waals surface area contributed by atoms with Crippen molar-refractivity contribution in [3.8, 4) is 0 Å². The number of rotatable bonds is 2. The van der Waals surface area contributed by atoms with Gasteiger partial charge in [0.1, 0.15) is 0 Å². The standard InChI is InChI=1S/C13H18N2O2/c1-14-11-7-8-12(15(9-11)13(16)17)10-5-3-2-4-6-10/h2-6,11-12,14H,7-9H2,1H3,(H,16,17). The van der Waals surface area contributed by atoms with Crippen molar-refractivity contribution in [3.63, 3.8) is 0 Å². The zero-order chi connectivity index (χ0) is 12.3. The number of benzene rings is 1. The molecule has 4 nitrogen and oxygen atoms in total. The average Bonchev–Trinajstić information content (AvgIpc) is 2.39. The molecule has 1 heterocycles. The number of hydrogen-bond donors (Lipinski definition) is 2. The molecule has 1 saturated heterocycles. The van der Waals surface area contributed by atoms with Crippen molar-refractivity contribution in [2.45, 2.75) is 24.9 Å². The van der Waals surface area contributed by atoms with Gasteiger partial charge < -0.3 is 10.4 Å². The fourth-order valence-corrected chi connectivity index (χ4v) is 2.44. The molecule has 1 amide bonds. The van der Waals surface area contributed by atoms with Crippen molar-refractivity contribution in [1.29, 1.82) is 0 Å². The summed E-state index contributed by atoms with van der Waals surface area (Å²) in [5.41, 5.74) is 1.09. The first-order valence-electron chi connectivity index (χ1n) is 5.94. The zero-order valence-corrected chi connectivity index (χ0v) is 9.97. The highest BCUT2D eigenvalue weighted by Crippen LogP contribution is 2.30. The summed E-state index contributed by atoms with van der Waals surface area (Å²) in [5.74, 6) is 0. The van der Waals surface area contributed by atoms with E-state index in [2.05, 4.69) is 5.32 Å². The van der Waals surface area contributed by atoms with Crippen molar-refractivity contribution in [1.82, 2.24) is 10.2 Å². The summed E-state index contributed by atoms with van der Waals surface area (Å²) in [7, 11) is 1.88. The summed E-state index contributed by atoms with van der Waals surface area (Å²) in [6.45, 7) is 0.561. The van der Waals surface area contributed by atoms with Gasteiger partial charge in [-0.05, 0) is 25.5 Å². The van der Waals surface area contributed by atoms with E-state index in [1.165, 1.54) is 0 Å². The molecule has 0 spiro atoms. The monoisotopic (exact) mass is 234 g/mol. The smallest absolute Gasteiger partial charge is 0.407 e. The SMILES string of the molecule is CNC1CCC(c2ccccc2)N(C(=O)O)C1. The van der Waals surface area contributed by atoms with E-state index in [0.717, 1.165) is 18.4 Å². The van der Waals surface area contributed by atoms with E-state index in [-0.39, 0.29) is 12.1 Å². The lowest BCUT2D eigenvalue weighted by Crippen LogP contribution is -2.48. The van der Waals surface area contributed by atoms with Crippen molar-refractivity contribution >= 4 is 6.09 Å². The van der Waals surface area contributed by atoms with Crippen LogP contribution in [-0.4, -0.2) is 35.7 Å². The molecule has 4 heteroatoms. The maximum Gasteiger partial charge on any atom is 0.407 e. The molecule has 1 aliphatic heterocycles. The summed E-state index contributed by atoms with van der Waals surface area (Å²) in [5, 5.41) is 12.4. The fraction of sp³-hybridized carbons (Fsp3) is 0.462. The normalized spacial score (nSPS) is 24.6. The maximum absolute atomic E-state index is 11.3. The molecule has 0 aromatic heterocycles. The number of nitrogens with one attached hydrogen (secondary N) is 1. The third kappa shape index (κ3) is 2.58. The molecule has 0 radical (unpaired) electrons. The van der Waals surface area contributed by atoms with Crippen molar-refractivity contribution < 1.29 is 9.90 Å². The van der Waals surface area contributed by atoms with E-state index < -0.39 is 6.09 Å². The molecule has 2 atom stereocenters. The van der Waals surface area contributed by atoms with Crippen LogP contribution in [0.2, 0.25) is 0 Å². The van der Waals surface area contributed by atoms with E-state index in [0.29, 0.717) is 6.54 Å². The molecular weight excluding hydrogens is 216 g/mol. The Morgan fingerprint density at radius 3 is 2.65 bits per heavy atom. The van der Waals surface area contributed by atoms with Crippen molar-refractivity contribution in [3.05, 3.63) is 35.9 Å². The quantitative estimate of drug-likeness (QED) is 0.823. The first kappa shape index (κ1) is 11.9. The summed E-state index contributed by atoms with van der Waals surface area (Å²) < 4.78 is 0. The molecule has 2 rings (SSSR count). The topological polar surface area (TPSA) is 52.6 Å². The van der Waals surface area contributed by atoms with Gasteiger partial charge in [0, 0.05) is 12.6 Å². The summed E-state index contributed by atoms with van der Waals surface area (Å²) >= 11 is 0. The van der Waals surface area contributed by atoms with Gasteiger partial charge in [-0.1, -0.05) is 30.3 Å². The molecule has 0 bridgehead atoms.